The van der Waals surface area contributed by atoms with Crippen molar-refractivity contribution in [3.63, 3.8) is 0 Å². The normalized spacial score (nSPS) is 11.4. The first-order valence-electron chi connectivity index (χ1n) is 11.0. The molecule has 0 bridgehead atoms. The molecule has 182 valence electrons. The molecular weight excluding hydrogens is 466 g/mol. The standard InChI is InChI=1S/C25H27N5O4S/c1-4-15-30-22(17(3)26-23(32)18-9-7-6-8-10-18)28-29-25(30)35-16-21(31)27-20-13-11-19(12-14-20)24(33)34-5-2/h4,6-14,17H,1,5,15-16H2,2-3H3,(H,26,32)(H,27,31)/t17-/m1/s1. The molecule has 3 rings (SSSR count). The molecule has 10 heteroatoms. The Balaban J connectivity index is 1.61. The SMILES string of the molecule is C=CCn1c(SCC(=O)Nc2ccc(C(=O)OCC)cc2)nnc1[C@@H](C)NC(=O)c1ccccc1. The van der Waals surface area contributed by atoms with Crippen LogP contribution in [0.5, 0.6) is 0 Å². The van der Waals surface area contributed by atoms with Crippen molar-refractivity contribution in [2.45, 2.75) is 31.6 Å². The number of hydrogen-bond donors (Lipinski definition) is 2. The second kappa shape index (κ2) is 12.5. The maximum Gasteiger partial charge on any atom is 0.338 e. The summed E-state index contributed by atoms with van der Waals surface area (Å²) in [5, 5.41) is 14.7. The second-order valence-electron chi connectivity index (χ2n) is 7.44. The molecule has 0 aliphatic carbocycles. The number of nitrogens with zero attached hydrogens (tertiary/aromatic N) is 3. The Bertz CT molecular complexity index is 1180. The number of rotatable bonds is 11. The molecule has 9 nitrogen and oxygen atoms in total. The average molecular weight is 494 g/mol. The van der Waals surface area contributed by atoms with Gasteiger partial charge < -0.3 is 19.9 Å². The van der Waals surface area contributed by atoms with E-state index >= 15 is 0 Å². The third kappa shape index (κ3) is 7.03. The molecule has 0 unspecified atom stereocenters. The van der Waals surface area contributed by atoms with Gasteiger partial charge in [-0.15, -0.1) is 16.8 Å². The number of aromatic nitrogens is 3. The van der Waals surface area contributed by atoms with E-state index in [9.17, 15) is 14.4 Å². The first kappa shape index (κ1) is 25.7. The second-order valence-corrected chi connectivity index (χ2v) is 8.38. The highest BCUT2D eigenvalue weighted by atomic mass is 32.2. The molecule has 0 aliphatic heterocycles. The predicted molar refractivity (Wildman–Crippen MR) is 134 cm³/mol. The highest BCUT2D eigenvalue weighted by Crippen LogP contribution is 2.21. The molecule has 0 aliphatic rings. The lowest BCUT2D eigenvalue weighted by Crippen LogP contribution is -2.28. The molecule has 2 N–H and O–H groups in total. The van der Waals surface area contributed by atoms with E-state index in [2.05, 4.69) is 27.4 Å². The monoisotopic (exact) mass is 493 g/mol. The van der Waals surface area contributed by atoms with Gasteiger partial charge in [-0.3, -0.25) is 9.59 Å². The van der Waals surface area contributed by atoms with Gasteiger partial charge in [-0.25, -0.2) is 4.79 Å². The number of esters is 1. The van der Waals surface area contributed by atoms with E-state index in [0.717, 1.165) is 0 Å². The fourth-order valence-electron chi connectivity index (χ4n) is 3.19. The third-order valence-corrected chi connectivity index (χ3v) is 5.81. The lowest BCUT2D eigenvalue weighted by molar-refractivity contribution is -0.113. The van der Waals surface area contributed by atoms with Crippen molar-refractivity contribution in [1.29, 1.82) is 0 Å². The van der Waals surface area contributed by atoms with Crippen LogP contribution in [0, 0.1) is 0 Å². The van der Waals surface area contributed by atoms with Crippen molar-refractivity contribution in [3.05, 3.63) is 84.2 Å². The first-order valence-corrected chi connectivity index (χ1v) is 12.0. The Morgan fingerprint density at radius 3 is 2.46 bits per heavy atom. The maximum atomic E-state index is 12.5. The Hall–Kier alpha value is -3.92. The van der Waals surface area contributed by atoms with Crippen LogP contribution in [0.15, 0.2) is 72.4 Å². The van der Waals surface area contributed by atoms with E-state index in [4.69, 9.17) is 4.74 Å². The summed E-state index contributed by atoms with van der Waals surface area (Å²) in [6, 6.07) is 15.0. The Morgan fingerprint density at radius 1 is 1.09 bits per heavy atom. The summed E-state index contributed by atoms with van der Waals surface area (Å²) >= 11 is 1.23. The van der Waals surface area contributed by atoms with Crippen LogP contribution in [0.3, 0.4) is 0 Å². The number of hydrogen-bond acceptors (Lipinski definition) is 7. The average Bonchev–Trinajstić information content (AvgIpc) is 3.26. The Labute approximate surface area is 208 Å². The number of anilines is 1. The molecule has 2 amide bonds. The maximum absolute atomic E-state index is 12.5. The Morgan fingerprint density at radius 2 is 1.80 bits per heavy atom. The molecule has 1 heterocycles. The Kier molecular flexibility index (Phi) is 9.19. The summed E-state index contributed by atoms with van der Waals surface area (Å²) in [7, 11) is 0. The number of carbonyl (C=O) groups is 3. The molecule has 0 fully saturated rings. The number of thioether (sulfide) groups is 1. The molecule has 1 atom stereocenters. The highest BCUT2D eigenvalue weighted by molar-refractivity contribution is 7.99. The zero-order valence-electron chi connectivity index (χ0n) is 19.6. The number of nitrogens with one attached hydrogen (secondary N) is 2. The molecule has 0 saturated carbocycles. The summed E-state index contributed by atoms with van der Waals surface area (Å²) in [5.74, 6) is -0.202. The fraction of sp³-hybridized carbons (Fsp3) is 0.240. The molecule has 0 spiro atoms. The summed E-state index contributed by atoms with van der Waals surface area (Å²) in [5.41, 5.74) is 1.53. The van der Waals surface area contributed by atoms with E-state index in [-0.39, 0.29) is 17.6 Å². The smallest absolute Gasteiger partial charge is 0.338 e. The van der Waals surface area contributed by atoms with E-state index < -0.39 is 12.0 Å². The quantitative estimate of drug-likeness (QED) is 0.237. The van der Waals surface area contributed by atoms with Crippen molar-refractivity contribution in [1.82, 2.24) is 20.1 Å². The van der Waals surface area contributed by atoms with Gasteiger partial charge in [0.1, 0.15) is 0 Å². The van der Waals surface area contributed by atoms with Crippen LogP contribution in [0.25, 0.3) is 0 Å². The molecule has 0 saturated heterocycles. The number of benzene rings is 2. The van der Waals surface area contributed by atoms with Gasteiger partial charge in [-0.05, 0) is 50.2 Å². The van der Waals surface area contributed by atoms with E-state index in [1.807, 2.05) is 17.6 Å². The molecule has 1 aromatic heterocycles. The van der Waals surface area contributed by atoms with Crippen LogP contribution in [-0.2, 0) is 16.1 Å². The van der Waals surface area contributed by atoms with Crippen molar-refractivity contribution in [2.24, 2.45) is 0 Å². The van der Waals surface area contributed by atoms with E-state index in [1.54, 1.807) is 61.5 Å². The van der Waals surface area contributed by atoms with Crippen molar-refractivity contribution in [3.8, 4) is 0 Å². The summed E-state index contributed by atoms with van der Waals surface area (Å²) in [6.45, 7) is 8.07. The number of carbonyl (C=O) groups excluding carboxylic acids is 3. The molecule has 2 aromatic carbocycles. The van der Waals surface area contributed by atoms with Gasteiger partial charge in [0.15, 0.2) is 11.0 Å². The van der Waals surface area contributed by atoms with Gasteiger partial charge in [0.25, 0.3) is 5.91 Å². The first-order chi connectivity index (χ1) is 16.9. The molecular formula is C25H27N5O4S. The van der Waals surface area contributed by atoms with Crippen molar-refractivity contribution >= 4 is 35.2 Å². The molecule has 3 aromatic rings. The molecule has 35 heavy (non-hydrogen) atoms. The largest absolute Gasteiger partial charge is 0.462 e. The number of amides is 2. The van der Waals surface area contributed by atoms with Crippen LogP contribution < -0.4 is 10.6 Å². The minimum atomic E-state index is -0.410. The highest BCUT2D eigenvalue weighted by Gasteiger charge is 2.20. The van der Waals surface area contributed by atoms with Crippen LogP contribution in [0.4, 0.5) is 5.69 Å². The van der Waals surface area contributed by atoms with Gasteiger partial charge in [0.2, 0.25) is 5.91 Å². The minimum absolute atomic E-state index is 0.0969. The van der Waals surface area contributed by atoms with Crippen molar-refractivity contribution in [2.75, 3.05) is 17.7 Å². The van der Waals surface area contributed by atoms with E-state index in [1.165, 1.54) is 11.8 Å². The van der Waals surface area contributed by atoms with Crippen LogP contribution in [-0.4, -0.2) is 44.9 Å². The van der Waals surface area contributed by atoms with Crippen molar-refractivity contribution < 1.29 is 19.1 Å². The van der Waals surface area contributed by atoms with Gasteiger partial charge in [-0.1, -0.05) is 36.0 Å². The summed E-state index contributed by atoms with van der Waals surface area (Å²) in [4.78, 5) is 36.7. The van der Waals surface area contributed by atoms with Gasteiger partial charge in [0, 0.05) is 17.8 Å². The molecule has 0 radical (unpaired) electrons. The lowest BCUT2D eigenvalue weighted by atomic mass is 10.2. The van der Waals surface area contributed by atoms with Gasteiger partial charge in [-0.2, -0.15) is 0 Å². The van der Waals surface area contributed by atoms with Gasteiger partial charge >= 0.3 is 5.97 Å². The predicted octanol–water partition coefficient (Wildman–Crippen LogP) is 3.86. The summed E-state index contributed by atoms with van der Waals surface area (Å²) < 4.78 is 6.77. The lowest BCUT2D eigenvalue weighted by Gasteiger charge is -2.15. The topological polar surface area (TPSA) is 115 Å². The zero-order chi connectivity index (χ0) is 25.2. The van der Waals surface area contributed by atoms with Crippen LogP contribution >= 0.6 is 11.8 Å². The number of allylic oxidation sites excluding steroid dienone is 1. The third-order valence-electron chi connectivity index (χ3n) is 4.84. The van der Waals surface area contributed by atoms with Crippen LogP contribution in [0.2, 0.25) is 0 Å². The minimum Gasteiger partial charge on any atom is -0.462 e. The van der Waals surface area contributed by atoms with E-state index in [0.29, 0.717) is 40.9 Å². The fourth-order valence-corrected chi connectivity index (χ4v) is 3.95. The zero-order valence-corrected chi connectivity index (χ0v) is 20.4. The van der Waals surface area contributed by atoms with Gasteiger partial charge in [0.05, 0.1) is 24.0 Å². The summed E-state index contributed by atoms with van der Waals surface area (Å²) in [6.07, 6.45) is 1.70. The number of ether oxygens (including phenoxy) is 1. The van der Waals surface area contributed by atoms with Crippen LogP contribution in [0.1, 0.15) is 46.4 Å².